The van der Waals surface area contributed by atoms with Crippen molar-refractivity contribution in [1.29, 1.82) is 0 Å². The van der Waals surface area contributed by atoms with Gasteiger partial charge in [0, 0.05) is 56.8 Å². The highest BCUT2D eigenvalue weighted by Gasteiger charge is 2.48. The van der Waals surface area contributed by atoms with E-state index in [4.69, 9.17) is 9.72 Å². The molecule has 2 N–H and O–H groups in total. The lowest BCUT2D eigenvalue weighted by Crippen LogP contribution is -2.38. The Bertz CT molecular complexity index is 1110. The molecule has 3 aliphatic heterocycles. The van der Waals surface area contributed by atoms with E-state index < -0.39 is 24.4 Å². The van der Waals surface area contributed by atoms with E-state index in [0.717, 1.165) is 24.4 Å². The smallest absolute Gasteiger partial charge is 0.395 e. The zero-order chi connectivity index (χ0) is 25.5. The second kappa shape index (κ2) is 9.62. The minimum atomic E-state index is -4.57. The van der Waals surface area contributed by atoms with Crippen molar-refractivity contribution >= 4 is 17.5 Å². The Balaban J connectivity index is 1.38. The average Bonchev–Trinajstić information content (AvgIpc) is 3.28. The molecule has 3 aliphatic rings. The Morgan fingerprint density at radius 3 is 2.61 bits per heavy atom. The summed E-state index contributed by atoms with van der Waals surface area (Å²) in [7, 11) is 0. The van der Waals surface area contributed by atoms with E-state index in [1.54, 1.807) is 0 Å². The molecule has 9 nitrogen and oxygen atoms in total. The maximum Gasteiger partial charge on any atom is 0.396 e. The van der Waals surface area contributed by atoms with Gasteiger partial charge in [0.2, 0.25) is 5.91 Å². The lowest BCUT2D eigenvalue weighted by molar-refractivity contribution is -0.156. The molecule has 0 aliphatic carbocycles. The lowest BCUT2D eigenvalue weighted by Gasteiger charge is -2.36. The molecule has 196 valence electrons. The average molecular weight is 509 g/mol. The Hall–Kier alpha value is -2.73. The molecule has 0 spiro atoms. The van der Waals surface area contributed by atoms with Crippen molar-refractivity contribution in [3.05, 3.63) is 29.6 Å². The van der Waals surface area contributed by atoms with Crippen LogP contribution in [0.25, 0.3) is 0 Å². The third-order valence-corrected chi connectivity index (χ3v) is 7.78. The SMILES string of the molecule is CC1(c2cn(CCO)c(C3CCN(c4ncnc5c4[C@H](C(F)(F)F)CC(=O)N5)CC3)n2)CCOCC1. The number of aliphatic hydroxyl groups excluding tert-OH is 1. The lowest BCUT2D eigenvalue weighted by atomic mass is 9.80. The van der Waals surface area contributed by atoms with Gasteiger partial charge in [0.25, 0.3) is 0 Å². The first-order valence-corrected chi connectivity index (χ1v) is 12.4. The number of ether oxygens (including phenoxy) is 1. The van der Waals surface area contributed by atoms with Crippen LogP contribution in [0, 0.1) is 0 Å². The normalized spacial score (nSPS) is 22.9. The van der Waals surface area contributed by atoms with Crippen molar-refractivity contribution in [3.8, 4) is 0 Å². The van der Waals surface area contributed by atoms with Crippen molar-refractivity contribution < 1.29 is 27.8 Å². The maximum absolute atomic E-state index is 13.8. The zero-order valence-electron chi connectivity index (χ0n) is 20.2. The monoisotopic (exact) mass is 508 g/mol. The summed E-state index contributed by atoms with van der Waals surface area (Å²) >= 11 is 0. The number of imidazole rings is 1. The van der Waals surface area contributed by atoms with Crippen molar-refractivity contribution in [3.63, 3.8) is 0 Å². The number of aliphatic hydroxyl groups is 1. The molecule has 0 unspecified atom stereocenters. The van der Waals surface area contributed by atoms with Crippen molar-refractivity contribution in [1.82, 2.24) is 19.5 Å². The standard InChI is InChI=1S/C24H31F3N6O3/c1-23(4-10-36-11-5-23)17-13-33(8-9-34)21(30-17)15-2-6-32(7-3-15)22-19-16(24(25,26)27)12-18(35)31-20(19)28-14-29-22/h13-16,34H,2-12H2,1H3,(H,28,29,31,35)/t16-/m1/s1. The molecule has 5 heterocycles. The number of piperidine rings is 1. The molecule has 5 rings (SSSR count). The number of halogens is 3. The fourth-order valence-corrected chi connectivity index (χ4v) is 5.57. The number of anilines is 2. The molecule has 2 aromatic rings. The zero-order valence-corrected chi connectivity index (χ0v) is 20.2. The molecule has 2 fully saturated rings. The summed E-state index contributed by atoms with van der Waals surface area (Å²) < 4.78 is 49.1. The van der Waals surface area contributed by atoms with Gasteiger partial charge in [-0.1, -0.05) is 6.92 Å². The molecule has 0 saturated carbocycles. The second-order valence-electron chi connectivity index (χ2n) is 10.1. The highest BCUT2D eigenvalue weighted by Crippen LogP contribution is 2.46. The molecule has 12 heteroatoms. The quantitative estimate of drug-likeness (QED) is 0.640. The van der Waals surface area contributed by atoms with Crippen molar-refractivity contribution in [2.45, 2.75) is 69.0 Å². The first-order valence-electron chi connectivity index (χ1n) is 12.4. The van der Waals surface area contributed by atoms with Gasteiger partial charge >= 0.3 is 6.18 Å². The minimum Gasteiger partial charge on any atom is -0.395 e. The third kappa shape index (κ3) is 4.68. The van der Waals surface area contributed by atoms with Crippen LogP contribution in [0.4, 0.5) is 24.8 Å². The first kappa shape index (κ1) is 24.9. The minimum absolute atomic E-state index is 0.000899. The predicted molar refractivity (Wildman–Crippen MR) is 125 cm³/mol. The molecule has 1 atom stereocenters. The van der Waals surface area contributed by atoms with Gasteiger partial charge in [-0.25, -0.2) is 15.0 Å². The van der Waals surface area contributed by atoms with Gasteiger partial charge in [0.15, 0.2) is 0 Å². The summed E-state index contributed by atoms with van der Waals surface area (Å²) in [5.41, 5.74) is 0.871. The highest BCUT2D eigenvalue weighted by atomic mass is 19.4. The van der Waals surface area contributed by atoms with E-state index >= 15 is 0 Å². The van der Waals surface area contributed by atoms with E-state index in [2.05, 4.69) is 22.2 Å². The number of hydrogen-bond acceptors (Lipinski definition) is 7. The van der Waals surface area contributed by atoms with Gasteiger partial charge in [0.05, 0.1) is 23.8 Å². The summed E-state index contributed by atoms with van der Waals surface area (Å²) in [6, 6.07) is 0. The molecule has 36 heavy (non-hydrogen) atoms. The van der Waals surface area contributed by atoms with Gasteiger partial charge < -0.3 is 24.6 Å². The van der Waals surface area contributed by atoms with Crippen LogP contribution in [0.5, 0.6) is 0 Å². The van der Waals surface area contributed by atoms with Crippen LogP contribution in [-0.4, -0.2) is 69.6 Å². The maximum atomic E-state index is 13.8. The number of nitrogens with zero attached hydrogens (tertiary/aromatic N) is 5. The number of rotatable bonds is 5. The number of hydrogen-bond donors (Lipinski definition) is 2. The first-order chi connectivity index (χ1) is 17.2. The molecule has 0 bridgehead atoms. The molecule has 0 aromatic carbocycles. The van der Waals surface area contributed by atoms with Gasteiger partial charge in [-0.3, -0.25) is 4.79 Å². The predicted octanol–water partition coefficient (Wildman–Crippen LogP) is 3.11. The van der Waals surface area contributed by atoms with E-state index in [-0.39, 0.29) is 35.1 Å². The Labute approximate surface area is 207 Å². The Morgan fingerprint density at radius 2 is 1.94 bits per heavy atom. The number of carbonyl (C=O) groups is 1. The number of nitrogens with one attached hydrogen (secondary N) is 1. The highest BCUT2D eigenvalue weighted by molar-refractivity contribution is 5.94. The number of amides is 1. The molecule has 2 saturated heterocycles. The summed E-state index contributed by atoms with van der Waals surface area (Å²) in [6.07, 6.45) is 1.14. The van der Waals surface area contributed by atoms with E-state index in [1.807, 2.05) is 15.7 Å². The summed E-state index contributed by atoms with van der Waals surface area (Å²) in [5, 5.41) is 12.1. The van der Waals surface area contributed by atoms with Crippen LogP contribution in [-0.2, 0) is 21.5 Å². The summed E-state index contributed by atoms with van der Waals surface area (Å²) in [6.45, 7) is 5.03. The van der Waals surface area contributed by atoms with E-state index in [0.29, 0.717) is 45.7 Å². The number of fused-ring (bicyclic) bond motifs is 1. The van der Waals surface area contributed by atoms with Crippen LogP contribution >= 0.6 is 0 Å². The second-order valence-corrected chi connectivity index (χ2v) is 10.1. The van der Waals surface area contributed by atoms with Crippen LogP contribution < -0.4 is 10.2 Å². The largest absolute Gasteiger partial charge is 0.396 e. The Morgan fingerprint density at radius 1 is 1.22 bits per heavy atom. The Kier molecular flexibility index (Phi) is 6.67. The number of carbonyl (C=O) groups excluding carboxylic acids is 1. The molecule has 0 radical (unpaired) electrons. The van der Waals surface area contributed by atoms with E-state index in [1.165, 1.54) is 6.33 Å². The molecular formula is C24H31F3N6O3. The van der Waals surface area contributed by atoms with Crippen molar-refractivity contribution in [2.75, 3.05) is 43.1 Å². The third-order valence-electron chi connectivity index (χ3n) is 7.78. The summed E-state index contributed by atoms with van der Waals surface area (Å²) in [4.78, 5) is 26.9. The van der Waals surface area contributed by atoms with E-state index in [9.17, 15) is 23.1 Å². The van der Waals surface area contributed by atoms with Gasteiger partial charge in [0.1, 0.15) is 23.8 Å². The summed E-state index contributed by atoms with van der Waals surface area (Å²) in [5.74, 6) is -1.43. The van der Waals surface area contributed by atoms with Gasteiger partial charge in [-0.15, -0.1) is 0 Å². The van der Waals surface area contributed by atoms with Crippen LogP contribution in [0.3, 0.4) is 0 Å². The van der Waals surface area contributed by atoms with Crippen LogP contribution in [0.1, 0.15) is 67.9 Å². The molecule has 1 amide bonds. The molecule has 2 aromatic heterocycles. The van der Waals surface area contributed by atoms with Crippen LogP contribution in [0.15, 0.2) is 12.5 Å². The topological polar surface area (TPSA) is 105 Å². The fourth-order valence-electron chi connectivity index (χ4n) is 5.57. The van der Waals surface area contributed by atoms with Gasteiger partial charge in [-0.05, 0) is 25.7 Å². The number of aromatic nitrogens is 4. The molecular weight excluding hydrogens is 477 g/mol. The van der Waals surface area contributed by atoms with Gasteiger partial charge in [-0.2, -0.15) is 13.2 Å². The van der Waals surface area contributed by atoms with Crippen LogP contribution in [0.2, 0.25) is 0 Å². The van der Waals surface area contributed by atoms with Crippen molar-refractivity contribution in [2.24, 2.45) is 0 Å². The number of alkyl halides is 3. The fraction of sp³-hybridized carbons (Fsp3) is 0.667.